The molecule has 1 aliphatic carbocycles. The highest BCUT2D eigenvalue weighted by molar-refractivity contribution is 5.92. The molecule has 10 nitrogen and oxygen atoms in total. The Kier molecular flexibility index (Phi) is 6.09. The number of hydrogen-bond acceptors (Lipinski definition) is 7. The summed E-state index contributed by atoms with van der Waals surface area (Å²) in [5, 5.41) is 7.45. The van der Waals surface area contributed by atoms with Gasteiger partial charge < -0.3 is 19.2 Å². The smallest absolute Gasteiger partial charge is 0.255 e. The fraction of sp³-hybridized carbons (Fsp3) is 0.280. The predicted molar refractivity (Wildman–Crippen MR) is 128 cm³/mol. The minimum Gasteiger partial charge on any atom is -0.493 e. The third-order valence-electron chi connectivity index (χ3n) is 5.94. The zero-order valence-electron chi connectivity index (χ0n) is 19.5. The second-order valence-corrected chi connectivity index (χ2v) is 8.24. The van der Waals surface area contributed by atoms with Crippen molar-refractivity contribution in [3.05, 3.63) is 69.8 Å². The number of nitrogens with one attached hydrogen (secondary N) is 2. The number of furan rings is 1. The van der Waals surface area contributed by atoms with Crippen LogP contribution in [0.2, 0.25) is 0 Å². The van der Waals surface area contributed by atoms with Crippen LogP contribution in [0.4, 0.5) is 5.82 Å². The number of aromatic amines is 1. The normalized spacial score (nSPS) is 12.7. The van der Waals surface area contributed by atoms with Crippen LogP contribution in [0.25, 0.3) is 17.4 Å². The number of benzene rings is 1. The van der Waals surface area contributed by atoms with Crippen LogP contribution in [-0.4, -0.2) is 39.9 Å². The van der Waals surface area contributed by atoms with Gasteiger partial charge in [-0.15, -0.1) is 0 Å². The lowest BCUT2D eigenvalue weighted by Crippen LogP contribution is -2.25. The lowest BCUT2D eigenvalue weighted by Gasteiger charge is -2.15. The molecule has 10 heteroatoms. The predicted octanol–water partition coefficient (Wildman–Crippen LogP) is 3.29. The fourth-order valence-corrected chi connectivity index (χ4v) is 4.23. The van der Waals surface area contributed by atoms with E-state index in [1.54, 1.807) is 56.9 Å². The van der Waals surface area contributed by atoms with Crippen molar-refractivity contribution in [2.24, 2.45) is 0 Å². The topological polar surface area (TPSA) is 124 Å². The SMILES string of the molecule is COc1ccc(CC(=O)Nc2cc(-c3ccco3)nn2-c2nc3c(c(=O)[nH]2)CCCC3)cc1OC. The van der Waals surface area contributed by atoms with Gasteiger partial charge >= 0.3 is 0 Å². The monoisotopic (exact) mass is 475 g/mol. The molecule has 0 atom stereocenters. The summed E-state index contributed by atoms with van der Waals surface area (Å²) in [7, 11) is 3.10. The van der Waals surface area contributed by atoms with Gasteiger partial charge in [-0.25, -0.2) is 4.98 Å². The highest BCUT2D eigenvalue weighted by Crippen LogP contribution is 2.28. The molecule has 0 spiro atoms. The number of carbonyl (C=O) groups excluding carboxylic acids is 1. The van der Waals surface area contributed by atoms with E-state index in [0.29, 0.717) is 35.2 Å². The highest BCUT2D eigenvalue weighted by atomic mass is 16.5. The molecule has 180 valence electrons. The van der Waals surface area contributed by atoms with Crippen LogP contribution in [0.5, 0.6) is 11.5 Å². The van der Waals surface area contributed by atoms with Gasteiger partial charge in [0.2, 0.25) is 11.9 Å². The number of fused-ring (bicyclic) bond motifs is 1. The number of ether oxygens (including phenoxy) is 2. The van der Waals surface area contributed by atoms with E-state index in [-0.39, 0.29) is 23.8 Å². The van der Waals surface area contributed by atoms with E-state index in [4.69, 9.17) is 13.9 Å². The van der Waals surface area contributed by atoms with Crippen LogP contribution in [0, 0.1) is 0 Å². The van der Waals surface area contributed by atoms with Gasteiger partial charge in [-0.2, -0.15) is 9.78 Å². The number of nitrogens with zero attached hydrogens (tertiary/aromatic N) is 3. The lowest BCUT2D eigenvalue weighted by molar-refractivity contribution is -0.115. The molecule has 1 aromatic carbocycles. The molecule has 0 radical (unpaired) electrons. The van der Waals surface area contributed by atoms with Crippen molar-refractivity contribution < 1.29 is 18.7 Å². The largest absolute Gasteiger partial charge is 0.493 e. The molecule has 5 rings (SSSR count). The van der Waals surface area contributed by atoms with Gasteiger partial charge in [0.25, 0.3) is 5.56 Å². The number of rotatable bonds is 7. The number of aryl methyl sites for hydroxylation is 1. The molecular weight excluding hydrogens is 450 g/mol. The van der Waals surface area contributed by atoms with Gasteiger partial charge in [-0.1, -0.05) is 6.07 Å². The first kappa shape index (κ1) is 22.5. The maximum Gasteiger partial charge on any atom is 0.255 e. The van der Waals surface area contributed by atoms with Crippen LogP contribution < -0.4 is 20.3 Å². The number of aromatic nitrogens is 4. The molecule has 35 heavy (non-hydrogen) atoms. The summed E-state index contributed by atoms with van der Waals surface area (Å²) in [5.74, 6) is 1.99. The van der Waals surface area contributed by atoms with Crippen LogP contribution >= 0.6 is 0 Å². The Morgan fingerprint density at radius 3 is 2.74 bits per heavy atom. The van der Waals surface area contributed by atoms with E-state index >= 15 is 0 Å². The van der Waals surface area contributed by atoms with Gasteiger partial charge in [0.15, 0.2) is 17.3 Å². The average molecular weight is 476 g/mol. The third-order valence-corrected chi connectivity index (χ3v) is 5.94. The average Bonchev–Trinajstić information content (AvgIpc) is 3.54. The number of anilines is 1. The van der Waals surface area contributed by atoms with Gasteiger partial charge in [0.1, 0.15) is 11.5 Å². The summed E-state index contributed by atoms with van der Waals surface area (Å²) in [6, 6.07) is 10.5. The maximum atomic E-state index is 13.0. The van der Waals surface area contributed by atoms with E-state index in [0.717, 1.165) is 36.1 Å². The summed E-state index contributed by atoms with van der Waals surface area (Å²) < 4.78 is 17.5. The van der Waals surface area contributed by atoms with Gasteiger partial charge in [-0.3, -0.25) is 14.6 Å². The highest BCUT2D eigenvalue weighted by Gasteiger charge is 2.21. The number of hydrogen-bond donors (Lipinski definition) is 2. The lowest BCUT2D eigenvalue weighted by atomic mass is 9.97. The molecule has 2 N–H and O–H groups in total. The molecule has 3 aromatic heterocycles. The Hall–Kier alpha value is -4.34. The van der Waals surface area contributed by atoms with Crippen molar-refractivity contribution in [2.75, 3.05) is 19.5 Å². The number of methoxy groups -OCH3 is 2. The van der Waals surface area contributed by atoms with Crippen LogP contribution in [0.3, 0.4) is 0 Å². The van der Waals surface area contributed by atoms with Gasteiger partial charge in [0.05, 0.1) is 32.6 Å². The first-order valence-electron chi connectivity index (χ1n) is 11.3. The fourth-order valence-electron chi connectivity index (χ4n) is 4.23. The summed E-state index contributed by atoms with van der Waals surface area (Å²) >= 11 is 0. The maximum absolute atomic E-state index is 13.0. The molecule has 0 saturated heterocycles. The number of amides is 1. The Balaban J connectivity index is 1.47. The van der Waals surface area contributed by atoms with Gasteiger partial charge in [0, 0.05) is 11.6 Å². The quantitative estimate of drug-likeness (QED) is 0.420. The van der Waals surface area contributed by atoms with Gasteiger partial charge in [-0.05, 0) is 55.5 Å². The van der Waals surface area contributed by atoms with E-state index in [1.165, 1.54) is 4.68 Å². The molecule has 1 amide bonds. The van der Waals surface area contributed by atoms with E-state index in [2.05, 4.69) is 20.4 Å². The minimum atomic E-state index is -0.273. The second-order valence-electron chi connectivity index (χ2n) is 8.24. The Bertz CT molecular complexity index is 1420. The Morgan fingerprint density at radius 2 is 1.97 bits per heavy atom. The number of H-pyrrole nitrogens is 1. The summed E-state index contributed by atoms with van der Waals surface area (Å²) in [5.41, 5.74) is 2.56. The first-order chi connectivity index (χ1) is 17.1. The number of carbonyl (C=O) groups is 1. The molecule has 4 aromatic rings. The van der Waals surface area contributed by atoms with E-state index in [9.17, 15) is 9.59 Å². The molecule has 0 fully saturated rings. The van der Waals surface area contributed by atoms with E-state index < -0.39 is 0 Å². The summed E-state index contributed by atoms with van der Waals surface area (Å²) in [4.78, 5) is 33.2. The van der Waals surface area contributed by atoms with E-state index in [1.807, 2.05) is 0 Å². The molecule has 0 bridgehead atoms. The Labute approximate surface area is 200 Å². The molecule has 3 heterocycles. The van der Waals surface area contributed by atoms with Crippen molar-refractivity contribution in [1.29, 1.82) is 0 Å². The van der Waals surface area contributed by atoms with Crippen LogP contribution in [-0.2, 0) is 24.1 Å². The van der Waals surface area contributed by atoms with Crippen molar-refractivity contribution in [3.63, 3.8) is 0 Å². The molecule has 0 aliphatic heterocycles. The summed E-state index contributed by atoms with van der Waals surface area (Å²) in [6.45, 7) is 0. The molecule has 0 unspecified atom stereocenters. The van der Waals surface area contributed by atoms with Crippen LogP contribution in [0.15, 0.2) is 51.9 Å². The first-order valence-corrected chi connectivity index (χ1v) is 11.3. The summed E-state index contributed by atoms with van der Waals surface area (Å²) in [6.07, 6.45) is 5.04. The van der Waals surface area contributed by atoms with Crippen molar-refractivity contribution in [1.82, 2.24) is 19.7 Å². The molecular formula is C25H25N5O5. The minimum absolute atomic E-state index is 0.0930. The molecule has 1 aliphatic rings. The second kappa shape index (κ2) is 9.49. The zero-order valence-corrected chi connectivity index (χ0v) is 19.5. The van der Waals surface area contributed by atoms with Crippen molar-refractivity contribution >= 4 is 11.7 Å². The standard InChI is InChI=1S/C25H25N5O5/c1-33-20-10-9-15(12-21(20)34-2)13-23(31)27-22-14-18(19-8-5-11-35-19)29-30(22)25-26-17-7-4-3-6-16(17)24(32)28-25/h5,8-12,14H,3-4,6-7,13H2,1-2H3,(H,27,31)(H,26,28,32). The van der Waals surface area contributed by atoms with Crippen molar-refractivity contribution in [2.45, 2.75) is 32.1 Å². The molecule has 0 saturated carbocycles. The zero-order chi connectivity index (χ0) is 24.4. The van der Waals surface area contributed by atoms with Crippen LogP contribution in [0.1, 0.15) is 29.7 Å². The van der Waals surface area contributed by atoms with Crippen molar-refractivity contribution in [3.8, 4) is 28.9 Å². The third kappa shape index (κ3) is 4.54. The Morgan fingerprint density at radius 1 is 1.14 bits per heavy atom.